The molecule has 11 heavy (non-hydrogen) atoms. The Labute approximate surface area is 71.5 Å². The predicted molar refractivity (Wildman–Crippen MR) is 50.0 cm³/mol. The summed E-state index contributed by atoms with van der Waals surface area (Å²) in [5, 5.41) is 3.71. The van der Waals surface area contributed by atoms with Crippen molar-refractivity contribution in [2.45, 2.75) is 19.3 Å². The minimum Gasteiger partial charge on any atom is -0.370 e. The zero-order chi connectivity index (χ0) is 8.53. The van der Waals surface area contributed by atoms with Gasteiger partial charge in [0.05, 0.1) is 0 Å². The largest absolute Gasteiger partial charge is 0.370 e. The third-order valence-corrected chi connectivity index (χ3v) is 1.61. The first-order valence-electron chi connectivity index (χ1n) is 3.47. The van der Waals surface area contributed by atoms with Crippen LogP contribution in [0.1, 0.15) is 19.3 Å². The molecule has 0 fully saturated rings. The van der Waals surface area contributed by atoms with Gasteiger partial charge in [-0.3, -0.25) is 4.79 Å². The van der Waals surface area contributed by atoms with Crippen molar-refractivity contribution >= 4 is 17.7 Å². The van der Waals surface area contributed by atoms with Crippen LogP contribution in [0.3, 0.4) is 0 Å². The van der Waals surface area contributed by atoms with Gasteiger partial charge in [-0.15, -0.1) is 11.8 Å². The Hall–Kier alpha value is -0.700. The molecule has 0 unspecified atom stereocenters. The minimum atomic E-state index is -0.227. The predicted octanol–water partition coefficient (Wildman–Crippen LogP) is 2.03. The van der Waals surface area contributed by atoms with Crippen LogP contribution in [0.15, 0.2) is 23.5 Å². The van der Waals surface area contributed by atoms with Crippen LogP contribution in [0.4, 0.5) is 0 Å². The third-order valence-electron chi connectivity index (χ3n) is 1.06. The maximum Gasteiger partial charge on any atom is 0.217 e. The van der Waals surface area contributed by atoms with Gasteiger partial charge in [0.15, 0.2) is 0 Å². The molecule has 0 spiro atoms. The quantitative estimate of drug-likeness (QED) is 0.621. The van der Waals surface area contributed by atoms with E-state index in [1.54, 1.807) is 5.41 Å². The summed E-state index contributed by atoms with van der Waals surface area (Å²) in [6.45, 7) is 3.54. The van der Waals surface area contributed by atoms with Gasteiger partial charge in [0, 0.05) is 6.42 Å². The molecule has 0 atom stereocenters. The van der Waals surface area contributed by atoms with E-state index in [1.807, 2.05) is 11.5 Å². The second-order valence-electron chi connectivity index (χ2n) is 2.03. The Morgan fingerprint density at radius 3 is 2.91 bits per heavy atom. The van der Waals surface area contributed by atoms with Crippen LogP contribution in [0.2, 0.25) is 0 Å². The van der Waals surface area contributed by atoms with Gasteiger partial charge in [-0.25, -0.2) is 0 Å². The molecule has 0 aliphatic carbocycles. The summed E-state index contributed by atoms with van der Waals surface area (Å²) >= 11 is 1.53. The van der Waals surface area contributed by atoms with E-state index in [9.17, 15) is 4.79 Å². The molecule has 0 saturated heterocycles. The highest BCUT2D eigenvalue weighted by molar-refractivity contribution is 8.04. The maximum absolute atomic E-state index is 10.3. The molecule has 3 heteroatoms. The first-order valence-corrected chi connectivity index (χ1v) is 4.41. The Morgan fingerprint density at radius 1 is 1.64 bits per heavy atom. The van der Waals surface area contributed by atoms with Crippen molar-refractivity contribution in [1.82, 2.24) is 0 Å². The average molecular weight is 171 g/mol. The van der Waals surface area contributed by atoms with Crippen LogP contribution >= 0.6 is 11.8 Å². The molecule has 0 heterocycles. The second-order valence-corrected chi connectivity index (χ2v) is 2.91. The lowest BCUT2D eigenvalue weighted by atomic mass is 10.2. The SMILES string of the molecule is C=CSC=CCCCC(N)=O. The van der Waals surface area contributed by atoms with Gasteiger partial charge in [0.2, 0.25) is 5.91 Å². The van der Waals surface area contributed by atoms with Crippen LogP contribution < -0.4 is 5.73 Å². The molecule has 0 aromatic heterocycles. The van der Waals surface area contributed by atoms with E-state index in [4.69, 9.17) is 5.73 Å². The normalized spacial score (nSPS) is 10.2. The van der Waals surface area contributed by atoms with E-state index in [0.717, 1.165) is 12.8 Å². The molecule has 62 valence electrons. The molecule has 0 saturated carbocycles. The smallest absolute Gasteiger partial charge is 0.217 e. The van der Waals surface area contributed by atoms with Crippen molar-refractivity contribution in [1.29, 1.82) is 0 Å². The van der Waals surface area contributed by atoms with Gasteiger partial charge in [-0.1, -0.05) is 12.7 Å². The minimum absolute atomic E-state index is 0.227. The van der Waals surface area contributed by atoms with Crippen molar-refractivity contribution in [3.8, 4) is 0 Å². The van der Waals surface area contributed by atoms with Crippen molar-refractivity contribution in [2.24, 2.45) is 5.73 Å². The number of thioether (sulfide) groups is 1. The molecule has 0 aromatic rings. The number of carbonyl (C=O) groups excluding carboxylic acids is 1. The Kier molecular flexibility index (Phi) is 6.94. The summed E-state index contributed by atoms with van der Waals surface area (Å²) < 4.78 is 0. The van der Waals surface area contributed by atoms with Gasteiger partial charge in [0.25, 0.3) is 0 Å². The molecule has 0 rings (SSSR count). The van der Waals surface area contributed by atoms with Crippen LogP contribution in [-0.2, 0) is 4.79 Å². The van der Waals surface area contributed by atoms with E-state index < -0.39 is 0 Å². The Bertz CT molecular complexity index is 154. The van der Waals surface area contributed by atoms with Gasteiger partial charge in [-0.2, -0.15) is 0 Å². The molecule has 0 aliphatic heterocycles. The number of carbonyl (C=O) groups is 1. The van der Waals surface area contributed by atoms with Gasteiger partial charge in [0.1, 0.15) is 0 Å². The van der Waals surface area contributed by atoms with Gasteiger partial charge >= 0.3 is 0 Å². The van der Waals surface area contributed by atoms with Crippen molar-refractivity contribution in [2.75, 3.05) is 0 Å². The summed E-state index contributed by atoms with van der Waals surface area (Å²) in [6.07, 6.45) is 4.23. The number of nitrogens with two attached hydrogens (primary N) is 1. The fourth-order valence-electron chi connectivity index (χ4n) is 0.573. The number of rotatable bonds is 6. The monoisotopic (exact) mass is 171 g/mol. The highest BCUT2D eigenvalue weighted by Crippen LogP contribution is 2.04. The summed E-state index contributed by atoms with van der Waals surface area (Å²) in [5.74, 6) is -0.227. The Balaban J connectivity index is 3.13. The lowest BCUT2D eigenvalue weighted by Crippen LogP contribution is -2.09. The number of hydrogen-bond acceptors (Lipinski definition) is 2. The van der Waals surface area contributed by atoms with E-state index >= 15 is 0 Å². The standard InChI is InChI=1S/C8H13NOS/c1-2-11-7-5-3-4-6-8(9)10/h2,5,7H,1,3-4,6H2,(H2,9,10). The van der Waals surface area contributed by atoms with E-state index in [0.29, 0.717) is 6.42 Å². The first-order chi connectivity index (χ1) is 5.27. The molecule has 1 amide bonds. The lowest BCUT2D eigenvalue weighted by molar-refractivity contribution is -0.118. The van der Waals surface area contributed by atoms with Crippen molar-refractivity contribution in [3.05, 3.63) is 23.5 Å². The molecule has 0 radical (unpaired) electrons. The zero-order valence-electron chi connectivity index (χ0n) is 6.45. The summed E-state index contributed by atoms with van der Waals surface area (Å²) in [7, 11) is 0. The van der Waals surface area contributed by atoms with Crippen LogP contribution in [0.25, 0.3) is 0 Å². The molecule has 0 aliphatic rings. The number of amides is 1. The van der Waals surface area contributed by atoms with E-state index in [-0.39, 0.29) is 5.91 Å². The third kappa shape index (κ3) is 9.30. The summed E-state index contributed by atoms with van der Waals surface area (Å²) in [4.78, 5) is 10.3. The van der Waals surface area contributed by atoms with Crippen LogP contribution in [0, 0.1) is 0 Å². The summed E-state index contributed by atoms with van der Waals surface area (Å²) in [5.41, 5.74) is 4.95. The molecule has 2 nitrogen and oxygen atoms in total. The zero-order valence-corrected chi connectivity index (χ0v) is 7.27. The molecule has 0 bridgehead atoms. The molecular formula is C8H13NOS. The van der Waals surface area contributed by atoms with Crippen molar-refractivity contribution < 1.29 is 4.79 Å². The van der Waals surface area contributed by atoms with Gasteiger partial charge in [-0.05, 0) is 23.7 Å². The number of hydrogen-bond donors (Lipinski definition) is 1. The maximum atomic E-state index is 10.3. The highest BCUT2D eigenvalue weighted by atomic mass is 32.2. The average Bonchev–Trinajstić information content (AvgIpc) is 1.96. The fourth-order valence-corrected chi connectivity index (χ4v) is 0.932. The van der Waals surface area contributed by atoms with Crippen LogP contribution in [-0.4, -0.2) is 5.91 Å². The number of primary amides is 1. The number of unbranched alkanes of at least 4 members (excludes halogenated alkanes) is 1. The Morgan fingerprint density at radius 2 is 2.36 bits per heavy atom. The second kappa shape index (κ2) is 7.41. The summed E-state index contributed by atoms with van der Waals surface area (Å²) in [6, 6.07) is 0. The highest BCUT2D eigenvalue weighted by Gasteiger charge is 1.90. The van der Waals surface area contributed by atoms with Gasteiger partial charge < -0.3 is 5.73 Å². The molecule has 0 aromatic carbocycles. The lowest BCUT2D eigenvalue weighted by Gasteiger charge is -1.90. The topological polar surface area (TPSA) is 43.1 Å². The van der Waals surface area contributed by atoms with E-state index in [2.05, 4.69) is 6.58 Å². The first kappa shape index (κ1) is 10.3. The molecular weight excluding hydrogens is 158 g/mol. The molecule has 2 N–H and O–H groups in total. The number of allylic oxidation sites excluding steroid dienone is 1. The fraction of sp³-hybridized carbons (Fsp3) is 0.375. The van der Waals surface area contributed by atoms with Crippen molar-refractivity contribution in [3.63, 3.8) is 0 Å². The van der Waals surface area contributed by atoms with E-state index in [1.165, 1.54) is 11.8 Å². The van der Waals surface area contributed by atoms with Crippen LogP contribution in [0.5, 0.6) is 0 Å².